The number of piperazine rings is 1. The molecule has 0 bridgehead atoms. The van der Waals surface area contributed by atoms with Gasteiger partial charge in [0.2, 0.25) is 5.91 Å². The average molecular weight is 433 g/mol. The maximum absolute atomic E-state index is 13.8. The first-order valence-electron chi connectivity index (χ1n) is 11.2. The van der Waals surface area contributed by atoms with Crippen molar-refractivity contribution in [1.29, 1.82) is 0 Å². The van der Waals surface area contributed by atoms with Crippen LogP contribution in [0.5, 0.6) is 0 Å². The van der Waals surface area contributed by atoms with Gasteiger partial charge in [0, 0.05) is 57.9 Å². The summed E-state index contributed by atoms with van der Waals surface area (Å²) in [6.07, 6.45) is 6.72. The van der Waals surface area contributed by atoms with E-state index in [4.69, 9.17) is 4.74 Å². The van der Waals surface area contributed by atoms with E-state index in [1.54, 1.807) is 12.5 Å². The van der Waals surface area contributed by atoms with Gasteiger partial charge in [0.1, 0.15) is 23.8 Å². The maximum Gasteiger partial charge on any atom is 0.233 e. The largest absolute Gasteiger partial charge is 0.381 e. The van der Waals surface area contributed by atoms with Crippen LogP contribution in [0.1, 0.15) is 24.2 Å². The Morgan fingerprint density at radius 1 is 0.969 bits per heavy atom. The molecule has 0 spiro atoms. The van der Waals surface area contributed by atoms with Crippen molar-refractivity contribution in [1.82, 2.24) is 24.4 Å². The quantitative estimate of drug-likeness (QED) is 0.630. The Bertz CT molecular complexity index is 1070. The van der Waals surface area contributed by atoms with Crippen molar-refractivity contribution in [3.63, 3.8) is 0 Å². The molecule has 1 aromatic carbocycles. The fraction of sp³-hybridized carbons (Fsp3) is 0.417. The highest BCUT2D eigenvalue weighted by Gasteiger charge is 2.44. The summed E-state index contributed by atoms with van der Waals surface area (Å²) in [5.74, 6) is 2.78. The van der Waals surface area contributed by atoms with Crippen LogP contribution in [0.25, 0.3) is 5.82 Å². The molecule has 2 fully saturated rings. The number of nitrogens with zero attached hydrogens (tertiary/aromatic N) is 6. The van der Waals surface area contributed by atoms with Crippen LogP contribution in [-0.4, -0.2) is 69.7 Å². The van der Waals surface area contributed by atoms with E-state index in [1.165, 1.54) is 0 Å². The van der Waals surface area contributed by atoms with E-state index in [9.17, 15) is 4.79 Å². The van der Waals surface area contributed by atoms with E-state index in [0.717, 1.165) is 49.0 Å². The lowest BCUT2D eigenvalue weighted by Crippen LogP contribution is -2.56. The summed E-state index contributed by atoms with van der Waals surface area (Å²) in [7, 11) is 0. The molecular formula is C24H28N6O2. The van der Waals surface area contributed by atoms with Crippen LogP contribution < -0.4 is 4.90 Å². The number of carbonyl (C=O) groups excluding carboxylic acids is 1. The number of benzene rings is 1. The van der Waals surface area contributed by atoms with Gasteiger partial charge >= 0.3 is 0 Å². The van der Waals surface area contributed by atoms with E-state index < -0.39 is 5.41 Å². The number of anilines is 1. The van der Waals surface area contributed by atoms with Crippen LogP contribution in [-0.2, 0) is 14.9 Å². The van der Waals surface area contributed by atoms with Gasteiger partial charge < -0.3 is 14.5 Å². The van der Waals surface area contributed by atoms with E-state index in [-0.39, 0.29) is 5.91 Å². The zero-order valence-electron chi connectivity index (χ0n) is 18.4. The van der Waals surface area contributed by atoms with E-state index in [0.29, 0.717) is 26.3 Å². The van der Waals surface area contributed by atoms with Crippen molar-refractivity contribution in [2.24, 2.45) is 0 Å². The molecule has 166 valence electrons. The highest BCUT2D eigenvalue weighted by molar-refractivity contribution is 5.88. The van der Waals surface area contributed by atoms with Crippen LogP contribution >= 0.6 is 0 Å². The number of carbonyl (C=O) groups is 1. The Balaban J connectivity index is 1.31. The average Bonchev–Trinajstić information content (AvgIpc) is 3.30. The Morgan fingerprint density at radius 3 is 2.38 bits per heavy atom. The SMILES string of the molecule is Cc1nccn1-c1cc(N2CCN(C(=O)C3(c4ccccc4)CCOCC3)CC2)ncn1. The molecular weight excluding hydrogens is 404 g/mol. The molecule has 0 aliphatic carbocycles. The molecule has 2 aliphatic heterocycles. The normalized spacial score (nSPS) is 18.5. The van der Waals surface area contributed by atoms with Gasteiger partial charge in [0.15, 0.2) is 0 Å². The van der Waals surface area contributed by atoms with Crippen molar-refractivity contribution in [3.8, 4) is 5.82 Å². The second-order valence-electron chi connectivity index (χ2n) is 8.42. The molecule has 1 amide bonds. The van der Waals surface area contributed by atoms with Gasteiger partial charge in [0.05, 0.1) is 5.41 Å². The van der Waals surface area contributed by atoms with Crippen molar-refractivity contribution in [2.45, 2.75) is 25.2 Å². The van der Waals surface area contributed by atoms with Crippen molar-refractivity contribution >= 4 is 11.7 Å². The molecule has 8 heteroatoms. The van der Waals surface area contributed by atoms with Gasteiger partial charge in [-0.3, -0.25) is 9.36 Å². The van der Waals surface area contributed by atoms with Crippen molar-refractivity contribution in [3.05, 3.63) is 66.5 Å². The minimum atomic E-state index is -0.483. The van der Waals surface area contributed by atoms with Gasteiger partial charge in [-0.1, -0.05) is 30.3 Å². The fourth-order valence-corrected chi connectivity index (χ4v) is 4.81. The highest BCUT2D eigenvalue weighted by atomic mass is 16.5. The first-order valence-corrected chi connectivity index (χ1v) is 11.2. The van der Waals surface area contributed by atoms with E-state index in [2.05, 4.69) is 32.0 Å². The maximum atomic E-state index is 13.8. The van der Waals surface area contributed by atoms with Crippen LogP contribution in [0.2, 0.25) is 0 Å². The molecule has 2 aliphatic rings. The minimum absolute atomic E-state index is 0.226. The number of imidazole rings is 1. The summed E-state index contributed by atoms with van der Waals surface area (Å²) in [5, 5.41) is 0. The zero-order chi connectivity index (χ0) is 22.0. The first kappa shape index (κ1) is 20.6. The van der Waals surface area contributed by atoms with Crippen LogP contribution in [0, 0.1) is 6.92 Å². The summed E-state index contributed by atoms with van der Waals surface area (Å²) in [5.41, 5.74) is 0.620. The Kier molecular flexibility index (Phi) is 5.61. The molecule has 2 saturated heterocycles. The summed E-state index contributed by atoms with van der Waals surface area (Å²) < 4.78 is 7.55. The van der Waals surface area contributed by atoms with E-state index in [1.807, 2.05) is 46.9 Å². The standard InChI is InChI=1S/C24H28N6O2/c1-19-25-9-10-30(19)22-17-21(26-18-27-22)28-11-13-29(14-12-28)23(31)24(7-15-32-16-8-24)20-5-3-2-4-6-20/h2-6,9-10,17-18H,7-8,11-16H2,1H3. The number of hydrogen-bond acceptors (Lipinski definition) is 6. The summed E-state index contributed by atoms with van der Waals surface area (Å²) >= 11 is 0. The Hall–Kier alpha value is -3.26. The third-order valence-electron chi connectivity index (χ3n) is 6.68. The van der Waals surface area contributed by atoms with Crippen LogP contribution in [0.3, 0.4) is 0 Å². The van der Waals surface area contributed by atoms with Gasteiger partial charge in [-0.2, -0.15) is 0 Å². The fourth-order valence-electron chi connectivity index (χ4n) is 4.81. The number of amides is 1. The molecule has 4 heterocycles. The molecule has 2 aromatic heterocycles. The summed E-state index contributed by atoms with van der Waals surface area (Å²) in [6, 6.07) is 12.2. The number of aryl methyl sites for hydroxylation is 1. The number of rotatable bonds is 4. The molecule has 8 nitrogen and oxygen atoms in total. The molecule has 5 rings (SSSR count). The molecule has 32 heavy (non-hydrogen) atoms. The number of ether oxygens (including phenoxy) is 1. The summed E-state index contributed by atoms with van der Waals surface area (Å²) in [4.78, 5) is 31.2. The molecule has 0 radical (unpaired) electrons. The van der Waals surface area contributed by atoms with Gasteiger partial charge in [-0.25, -0.2) is 15.0 Å². The van der Waals surface area contributed by atoms with Gasteiger partial charge in [-0.05, 0) is 25.3 Å². The second-order valence-corrected chi connectivity index (χ2v) is 8.42. The molecule has 0 N–H and O–H groups in total. The first-order chi connectivity index (χ1) is 15.7. The topological polar surface area (TPSA) is 76.4 Å². The van der Waals surface area contributed by atoms with Gasteiger partial charge in [-0.15, -0.1) is 0 Å². The Labute approximate surface area is 187 Å². The highest BCUT2D eigenvalue weighted by Crippen LogP contribution is 2.37. The lowest BCUT2D eigenvalue weighted by atomic mass is 9.73. The smallest absolute Gasteiger partial charge is 0.233 e. The van der Waals surface area contributed by atoms with Crippen molar-refractivity contribution in [2.75, 3.05) is 44.3 Å². The summed E-state index contributed by atoms with van der Waals surface area (Å²) in [6.45, 7) is 6.04. The number of aromatic nitrogens is 4. The minimum Gasteiger partial charge on any atom is -0.381 e. The zero-order valence-corrected chi connectivity index (χ0v) is 18.4. The third-order valence-corrected chi connectivity index (χ3v) is 6.68. The molecule has 3 aromatic rings. The monoisotopic (exact) mass is 432 g/mol. The predicted molar refractivity (Wildman–Crippen MR) is 121 cm³/mol. The van der Waals surface area contributed by atoms with Crippen molar-refractivity contribution < 1.29 is 9.53 Å². The molecule has 0 unspecified atom stereocenters. The van der Waals surface area contributed by atoms with Crippen LogP contribution in [0.4, 0.5) is 5.82 Å². The predicted octanol–water partition coefficient (Wildman–Crippen LogP) is 2.37. The van der Waals surface area contributed by atoms with Gasteiger partial charge in [0.25, 0.3) is 0 Å². The molecule has 0 atom stereocenters. The third kappa shape index (κ3) is 3.75. The van der Waals surface area contributed by atoms with E-state index >= 15 is 0 Å². The lowest BCUT2D eigenvalue weighted by Gasteiger charge is -2.43. The lowest BCUT2D eigenvalue weighted by molar-refractivity contribution is -0.141. The molecule has 0 saturated carbocycles. The van der Waals surface area contributed by atoms with Crippen LogP contribution in [0.15, 0.2) is 55.1 Å². The second kappa shape index (κ2) is 8.70. The Morgan fingerprint density at radius 2 is 1.69 bits per heavy atom. The number of hydrogen-bond donors (Lipinski definition) is 0.